The van der Waals surface area contributed by atoms with Gasteiger partial charge in [0.05, 0.1) is 5.92 Å². The SMILES string of the molecule is Cc1ccc(Nc2cc(C)nc(N3CCN(C(=O)C4CC(=O)N(c5ccc(C)cc5)C4)CC3)n2)cc1. The Morgan fingerprint density at radius 2 is 1.53 bits per heavy atom. The van der Waals surface area contributed by atoms with Crippen LogP contribution in [0, 0.1) is 26.7 Å². The molecule has 0 radical (unpaired) electrons. The Bertz CT molecular complexity index is 1250. The maximum atomic E-state index is 13.2. The fourth-order valence-corrected chi connectivity index (χ4v) is 4.78. The van der Waals surface area contributed by atoms with Gasteiger partial charge in [0.15, 0.2) is 0 Å². The lowest BCUT2D eigenvalue weighted by Gasteiger charge is -2.36. The lowest BCUT2D eigenvalue weighted by molar-refractivity contribution is -0.136. The Labute approximate surface area is 212 Å². The summed E-state index contributed by atoms with van der Waals surface area (Å²) in [5.41, 5.74) is 5.07. The van der Waals surface area contributed by atoms with Gasteiger partial charge in [-0.3, -0.25) is 9.59 Å². The molecule has 2 aliphatic rings. The highest BCUT2D eigenvalue weighted by molar-refractivity contribution is 6.00. The highest BCUT2D eigenvalue weighted by Crippen LogP contribution is 2.27. The van der Waals surface area contributed by atoms with Crippen LogP contribution in [0.2, 0.25) is 0 Å². The lowest BCUT2D eigenvalue weighted by atomic mass is 10.1. The normalized spacial score (nSPS) is 18.0. The Hall–Kier alpha value is -3.94. The second-order valence-electron chi connectivity index (χ2n) is 9.74. The topological polar surface area (TPSA) is 81.7 Å². The number of carbonyl (C=O) groups excluding carboxylic acids is 2. The fraction of sp³-hybridized carbons (Fsp3) is 0.357. The van der Waals surface area contributed by atoms with Crippen LogP contribution in [-0.2, 0) is 9.59 Å². The van der Waals surface area contributed by atoms with Crippen LogP contribution >= 0.6 is 0 Å². The average molecular weight is 485 g/mol. The van der Waals surface area contributed by atoms with Gasteiger partial charge >= 0.3 is 0 Å². The van der Waals surface area contributed by atoms with E-state index in [-0.39, 0.29) is 24.2 Å². The number of aromatic nitrogens is 2. The molecular weight excluding hydrogens is 452 g/mol. The number of carbonyl (C=O) groups is 2. The first-order valence-corrected chi connectivity index (χ1v) is 12.5. The van der Waals surface area contributed by atoms with Crippen molar-refractivity contribution in [3.8, 4) is 0 Å². The largest absolute Gasteiger partial charge is 0.340 e. The molecule has 3 heterocycles. The quantitative estimate of drug-likeness (QED) is 0.593. The van der Waals surface area contributed by atoms with E-state index in [1.807, 2.05) is 61.2 Å². The highest BCUT2D eigenvalue weighted by atomic mass is 16.2. The number of nitrogens with one attached hydrogen (secondary N) is 1. The third-order valence-corrected chi connectivity index (χ3v) is 6.86. The molecule has 2 aromatic carbocycles. The molecule has 8 nitrogen and oxygen atoms in total. The van der Waals surface area contributed by atoms with Gasteiger partial charge in [-0.1, -0.05) is 35.4 Å². The molecule has 1 aromatic heterocycles. The Balaban J connectivity index is 1.20. The van der Waals surface area contributed by atoms with E-state index in [4.69, 9.17) is 4.98 Å². The molecule has 1 unspecified atom stereocenters. The zero-order valence-electron chi connectivity index (χ0n) is 21.1. The van der Waals surface area contributed by atoms with E-state index >= 15 is 0 Å². The molecule has 3 aromatic rings. The van der Waals surface area contributed by atoms with E-state index in [0.29, 0.717) is 38.7 Å². The van der Waals surface area contributed by atoms with Crippen molar-refractivity contribution < 1.29 is 9.59 Å². The van der Waals surface area contributed by atoms with Crippen LogP contribution in [-0.4, -0.2) is 59.4 Å². The fourth-order valence-electron chi connectivity index (χ4n) is 4.78. The first kappa shape index (κ1) is 23.8. The Morgan fingerprint density at radius 3 is 2.19 bits per heavy atom. The van der Waals surface area contributed by atoms with Gasteiger partial charge in [0, 0.05) is 62.3 Å². The summed E-state index contributed by atoms with van der Waals surface area (Å²) >= 11 is 0. The minimum Gasteiger partial charge on any atom is -0.340 e. The van der Waals surface area contributed by atoms with Crippen LogP contribution in [0.5, 0.6) is 0 Å². The maximum absolute atomic E-state index is 13.2. The minimum absolute atomic E-state index is 0.0117. The number of nitrogens with zero attached hydrogens (tertiary/aromatic N) is 5. The molecule has 0 aliphatic carbocycles. The van der Waals surface area contributed by atoms with Crippen LogP contribution < -0.4 is 15.1 Å². The molecule has 2 amide bonds. The second kappa shape index (κ2) is 9.97. The zero-order chi connectivity index (χ0) is 25.2. The van der Waals surface area contributed by atoms with Gasteiger partial charge in [-0.2, -0.15) is 4.98 Å². The van der Waals surface area contributed by atoms with E-state index < -0.39 is 0 Å². The van der Waals surface area contributed by atoms with E-state index in [1.54, 1.807) is 4.90 Å². The van der Waals surface area contributed by atoms with Gasteiger partial charge in [-0.05, 0) is 45.0 Å². The second-order valence-corrected chi connectivity index (χ2v) is 9.74. The number of amides is 2. The molecule has 2 saturated heterocycles. The highest BCUT2D eigenvalue weighted by Gasteiger charge is 2.38. The average Bonchev–Trinajstić information content (AvgIpc) is 3.27. The van der Waals surface area contributed by atoms with Crippen LogP contribution in [0.3, 0.4) is 0 Å². The summed E-state index contributed by atoms with van der Waals surface area (Å²) in [4.78, 5) is 41.0. The van der Waals surface area contributed by atoms with E-state index in [0.717, 1.165) is 28.5 Å². The van der Waals surface area contributed by atoms with Gasteiger partial charge in [-0.25, -0.2) is 4.98 Å². The number of benzene rings is 2. The standard InChI is InChI=1S/C28H32N6O2/c1-19-4-8-23(9-5-19)30-25-16-21(3)29-28(31-25)33-14-12-32(13-15-33)27(36)22-17-26(35)34(18-22)24-10-6-20(2)7-11-24/h4-11,16,22H,12-15,17-18H2,1-3H3,(H,29,30,31). The summed E-state index contributed by atoms with van der Waals surface area (Å²) < 4.78 is 0. The summed E-state index contributed by atoms with van der Waals surface area (Å²) in [6, 6.07) is 18.0. The first-order chi connectivity index (χ1) is 17.4. The van der Waals surface area contributed by atoms with Crippen molar-refractivity contribution in [2.75, 3.05) is 47.8 Å². The molecule has 186 valence electrons. The number of piperazine rings is 1. The molecule has 5 rings (SSSR count). The third-order valence-electron chi connectivity index (χ3n) is 6.86. The van der Waals surface area contributed by atoms with Crippen molar-refractivity contribution in [2.24, 2.45) is 5.92 Å². The van der Waals surface area contributed by atoms with Gasteiger partial charge in [0.1, 0.15) is 5.82 Å². The van der Waals surface area contributed by atoms with Gasteiger partial charge in [0.25, 0.3) is 0 Å². The van der Waals surface area contributed by atoms with Crippen molar-refractivity contribution in [1.29, 1.82) is 0 Å². The third kappa shape index (κ3) is 5.17. The van der Waals surface area contributed by atoms with Gasteiger partial charge < -0.3 is 20.0 Å². The van der Waals surface area contributed by atoms with Crippen LogP contribution in [0.1, 0.15) is 23.2 Å². The number of aryl methyl sites for hydroxylation is 3. The van der Waals surface area contributed by atoms with E-state index in [2.05, 4.69) is 34.3 Å². The zero-order valence-corrected chi connectivity index (χ0v) is 21.1. The van der Waals surface area contributed by atoms with Crippen molar-refractivity contribution in [1.82, 2.24) is 14.9 Å². The molecule has 0 spiro atoms. The van der Waals surface area contributed by atoms with Gasteiger partial charge in [0.2, 0.25) is 17.8 Å². The predicted molar refractivity (Wildman–Crippen MR) is 142 cm³/mol. The number of hydrogen-bond acceptors (Lipinski definition) is 6. The summed E-state index contributed by atoms with van der Waals surface area (Å²) in [5, 5.41) is 3.36. The molecule has 1 N–H and O–H groups in total. The van der Waals surface area contributed by atoms with E-state index in [1.165, 1.54) is 5.56 Å². The molecule has 0 bridgehead atoms. The molecule has 0 saturated carbocycles. The molecule has 1 atom stereocenters. The molecule has 36 heavy (non-hydrogen) atoms. The number of anilines is 4. The summed E-state index contributed by atoms with van der Waals surface area (Å²) in [5.74, 6) is 1.19. The molecular formula is C28H32N6O2. The number of hydrogen-bond donors (Lipinski definition) is 1. The van der Waals surface area contributed by atoms with Crippen LogP contribution in [0.4, 0.5) is 23.1 Å². The summed E-state index contributed by atoms with van der Waals surface area (Å²) in [7, 11) is 0. The molecule has 2 aliphatic heterocycles. The first-order valence-electron chi connectivity index (χ1n) is 12.5. The monoisotopic (exact) mass is 484 g/mol. The Kier molecular flexibility index (Phi) is 6.59. The van der Waals surface area contributed by atoms with Crippen molar-refractivity contribution >= 4 is 35.0 Å². The van der Waals surface area contributed by atoms with Crippen LogP contribution in [0.25, 0.3) is 0 Å². The van der Waals surface area contributed by atoms with Crippen molar-refractivity contribution in [2.45, 2.75) is 27.2 Å². The predicted octanol–water partition coefficient (Wildman–Crippen LogP) is 3.85. The number of rotatable bonds is 5. The lowest BCUT2D eigenvalue weighted by Crippen LogP contribution is -2.51. The van der Waals surface area contributed by atoms with Crippen molar-refractivity contribution in [3.63, 3.8) is 0 Å². The maximum Gasteiger partial charge on any atom is 0.228 e. The molecule has 8 heteroatoms. The Morgan fingerprint density at radius 1 is 0.889 bits per heavy atom. The molecule has 2 fully saturated rings. The smallest absolute Gasteiger partial charge is 0.228 e. The van der Waals surface area contributed by atoms with Gasteiger partial charge in [-0.15, -0.1) is 0 Å². The minimum atomic E-state index is -0.300. The van der Waals surface area contributed by atoms with Crippen LogP contribution in [0.15, 0.2) is 54.6 Å². The van der Waals surface area contributed by atoms with E-state index in [9.17, 15) is 9.59 Å². The summed E-state index contributed by atoms with van der Waals surface area (Å²) in [6.45, 7) is 8.97. The summed E-state index contributed by atoms with van der Waals surface area (Å²) in [6.07, 6.45) is 0.266. The van der Waals surface area contributed by atoms with Crippen molar-refractivity contribution in [3.05, 3.63) is 71.4 Å².